The predicted octanol–water partition coefficient (Wildman–Crippen LogP) is 2.35. The van der Waals surface area contributed by atoms with Crippen molar-refractivity contribution < 1.29 is 14.3 Å². The van der Waals surface area contributed by atoms with Crippen molar-refractivity contribution in [3.8, 4) is 0 Å². The standard InChI is InChI=1S/C17H25N3O3/c1-17(2,3)23-16(22)19(4)14-9-10-20(11-14)15(21)12-5-7-13(18)8-6-12/h5-8,14H,9-11,18H2,1-4H3/t14-/m1/s1. The normalized spacial score (nSPS) is 17.9. The molecule has 0 bridgehead atoms. The number of benzene rings is 1. The van der Waals surface area contributed by atoms with Crippen LogP contribution in [0.4, 0.5) is 10.5 Å². The van der Waals surface area contributed by atoms with E-state index in [1.807, 2.05) is 20.8 Å². The molecule has 0 aromatic heterocycles. The third-order valence-corrected chi connectivity index (χ3v) is 3.84. The minimum Gasteiger partial charge on any atom is -0.444 e. The Morgan fingerprint density at radius 3 is 2.43 bits per heavy atom. The number of carbonyl (C=O) groups is 2. The number of rotatable bonds is 2. The Morgan fingerprint density at radius 1 is 1.26 bits per heavy atom. The first-order chi connectivity index (χ1) is 10.7. The fourth-order valence-electron chi connectivity index (χ4n) is 2.53. The molecule has 1 atom stereocenters. The lowest BCUT2D eigenvalue weighted by atomic mass is 10.2. The molecule has 2 N–H and O–H groups in total. The van der Waals surface area contributed by atoms with Crippen LogP contribution in [0.3, 0.4) is 0 Å². The van der Waals surface area contributed by atoms with Gasteiger partial charge in [-0.3, -0.25) is 4.79 Å². The average molecular weight is 319 g/mol. The highest BCUT2D eigenvalue weighted by Crippen LogP contribution is 2.20. The molecule has 6 heteroatoms. The maximum Gasteiger partial charge on any atom is 0.410 e. The van der Waals surface area contributed by atoms with Gasteiger partial charge in [-0.05, 0) is 51.5 Å². The Labute approximate surface area is 137 Å². The van der Waals surface area contributed by atoms with Crippen LogP contribution < -0.4 is 5.73 Å². The molecule has 1 fully saturated rings. The second-order valence-corrected chi connectivity index (χ2v) is 6.91. The Kier molecular flexibility index (Phi) is 4.82. The van der Waals surface area contributed by atoms with Crippen molar-refractivity contribution in [3.05, 3.63) is 29.8 Å². The van der Waals surface area contributed by atoms with Gasteiger partial charge in [0.05, 0.1) is 6.04 Å². The number of nitrogen functional groups attached to an aromatic ring is 1. The van der Waals surface area contributed by atoms with Crippen LogP contribution in [-0.4, -0.2) is 53.6 Å². The highest BCUT2D eigenvalue weighted by molar-refractivity contribution is 5.94. The zero-order valence-electron chi connectivity index (χ0n) is 14.2. The molecule has 1 aromatic rings. The van der Waals surface area contributed by atoms with Crippen molar-refractivity contribution in [2.75, 3.05) is 25.9 Å². The molecule has 2 amide bonds. The summed E-state index contributed by atoms with van der Waals surface area (Å²) >= 11 is 0. The minimum atomic E-state index is -0.524. The first-order valence-electron chi connectivity index (χ1n) is 7.78. The lowest BCUT2D eigenvalue weighted by molar-refractivity contribution is 0.0226. The van der Waals surface area contributed by atoms with E-state index in [-0.39, 0.29) is 18.0 Å². The van der Waals surface area contributed by atoms with Gasteiger partial charge >= 0.3 is 6.09 Å². The summed E-state index contributed by atoms with van der Waals surface area (Å²) in [6.45, 7) is 6.65. The predicted molar refractivity (Wildman–Crippen MR) is 89.2 cm³/mol. The highest BCUT2D eigenvalue weighted by Gasteiger charge is 2.33. The molecular weight excluding hydrogens is 294 g/mol. The molecular formula is C17H25N3O3. The van der Waals surface area contributed by atoms with Gasteiger partial charge in [0.2, 0.25) is 0 Å². The molecule has 1 aromatic carbocycles. The number of likely N-dealkylation sites (tertiary alicyclic amines) is 1. The third kappa shape index (κ3) is 4.37. The average Bonchev–Trinajstić information content (AvgIpc) is 2.94. The van der Waals surface area contributed by atoms with E-state index in [1.54, 1.807) is 41.1 Å². The van der Waals surface area contributed by atoms with Crippen molar-refractivity contribution in [2.45, 2.75) is 38.8 Å². The van der Waals surface area contributed by atoms with Gasteiger partial charge in [-0.2, -0.15) is 0 Å². The maximum absolute atomic E-state index is 12.5. The van der Waals surface area contributed by atoms with Crippen LogP contribution in [-0.2, 0) is 4.74 Å². The number of nitrogens with two attached hydrogens (primary N) is 1. The number of hydrogen-bond acceptors (Lipinski definition) is 4. The molecule has 1 aliphatic rings. The number of anilines is 1. The summed E-state index contributed by atoms with van der Waals surface area (Å²) in [6, 6.07) is 6.86. The minimum absolute atomic E-state index is 0.0254. The summed E-state index contributed by atoms with van der Waals surface area (Å²) in [5.41, 5.74) is 6.36. The lowest BCUT2D eigenvalue weighted by Gasteiger charge is -2.28. The van der Waals surface area contributed by atoms with Crippen molar-refractivity contribution in [3.63, 3.8) is 0 Å². The van der Waals surface area contributed by atoms with E-state index in [4.69, 9.17) is 10.5 Å². The smallest absolute Gasteiger partial charge is 0.410 e. The molecule has 6 nitrogen and oxygen atoms in total. The monoisotopic (exact) mass is 319 g/mol. The number of amides is 2. The molecule has 0 radical (unpaired) electrons. The summed E-state index contributed by atoms with van der Waals surface area (Å²) in [5.74, 6) is -0.0370. The highest BCUT2D eigenvalue weighted by atomic mass is 16.6. The molecule has 2 rings (SSSR count). The van der Waals surface area contributed by atoms with E-state index in [9.17, 15) is 9.59 Å². The summed E-state index contributed by atoms with van der Waals surface area (Å²) in [7, 11) is 1.72. The molecule has 1 aliphatic heterocycles. The van der Waals surface area contributed by atoms with Gasteiger partial charge in [0.1, 0.15) is 5.60 Å². The summed E-state index contributed by atoms with van der Waals surface area (Å²) in [4.78, 5) is 27.9. The second-order valence-electron chi connectivity index (χ2n) is 6.91. The van der Waals surface area contributed by atoms with Crippen molar-refractivity contribution in [1.82, 2.24) is 9.80 Å². The fourth-order valence-corrected chi connectivity index (χ4v) is 2.53. The van der Waals surface area contributed by atoms with Crippen molar-refractivity contribution in [2.24, 2.45) is 0 Å². The van der Waals surface area contributed by atoms with E-state index in [1.165, 1.54) is 0 Å². The van der Waals surface area contributed by atoms with Gasteiger partial charge in [-0.15, -0.1) is 0 Å². The zero-order chi connectivity index (χ0) is 17.2. The van der Waals surface area contributed by atoms with Crippen LogP contribution in [0.25, 0.3) is 0 Å². The van der Waals surface area contributed by atoms with Gasteiger partial charge in [0.15, 0.2) is 0 Å². The molecule has 126 valence electrons. The molecule has 23 heavy (non-hydrogen) atoms. The van der Waals surface area contributed by atoms with Crippen LogP contribution in [0.1, 0.15) is 37.6 Å². The lowest BCUT2D eigenvalue weighted by Crippen LogP contribution is -2.42. The third-order valence-electron chi connectivity index (χ3n) is 3.84. The molecule has 0 spiro atoms. The summed E-state index contributed by atoms with van der Waals surface area (Å²) < 4.78 is 5.38. The number of nitrogens with zero attached hydrogens (tertiary/aromatic N) is 2. The van der Waals surface area contributed by atoms with Gasteiger partial charge in [-0.25, -0.2) is 4.79 Å². The van der Waals surface area contributed by atoms with E-state index in [2.05, 4.69) is 0 Å². The number of hydrogen-bond donors (Lipinski definition) is 1. The zero-order valence-corrected chi connectivity index (χ0v) is 14.2. The maximum atomic E-state index is 12.5. The van der Waals surface area contributed by atoms with Crippen LogP contribution in [0, 0.1) is 0 Å². The molecule has 1 saturated heterocycles. The summed E-state index contributed by atoms with van der Waals surface area (Å²) in [5, 5.41) is 0. The Hall–Kier alpha value is -2.24. The van der Waals surface area contributed by atoms with Gasteiger partial charge in [0, 0.05) is 31.4 Å². The SMILES string of the molecule is CN(C(=O)OC(C)(C)C)[C@@H]1CCN(C(=O)c2ccc(N)cc2)C1. The van der Waals surface area contributed by atoms with Crippen LogP contribution >= 0.6 is 0 Å². The van der Waals surface area contributed by atoms with Crippen molar-refractivity contribution in [1.29, 1.82) is 0 Å². The molecule has 0 aliphatic carbocycles. The van der Waals surface area contributed by atoms with Gasteiger partial charge < -0.3 is 20.3 Å². The largest absolute Gasteiger partial charge is 0.444 e. The molecule has 0 unspecified atom stereocenters. The van der Waals surface area contributed by atoms with E-state index < -0.39 is 5.60 Å². The fraction of sp³-hybridized carbons (Fsp3) is 0.529. The first-order valence-corrected chi connectivity index (χ1v) is 7.78. The van der Waals surface area contributed by atoms with Crippen LogP contribution in [0.15, 0.2) is 24.3 Å². The van der Waals surface area contributed by atoms with E-state index >= 15 is 0 Å². The van der Waals surface area contributed by atoms with Crippen LogP contribution in [0.2, 0.25) is 0 Å². The van der Waals surface area contributed by atoms with Crippen LogP contribution in [0.5, 0.6) is 0 Å². The second kappa shape index (κ2) is 6.48. The number of carbonyl (C=O) groups excluding carboxylic acids is 2. The Balaban J connectivity index is 1.96. The molecule has 0 saturated carbocycles. The number of ether oxygens (including phenoxy) is 1. The topological polar surface area (TPSA) is 75.9 Å². The number of likely N-dealkylation sites (N-methyl/N-ethyl adjacent to an activating group) is 1. The van der Waals surface area contributed by atoms with E-state index in [0.717, 1.165) is 6.42 Å². The molecule has 1 heterocycles. The summed E-state index contributed by atoms with van der Waals surface area (Å²) in [6.07, 6.45) is 0.389. The van der Waals surface area contributed by atoms with Crippen molar-refractivity contribution >= 4 is 17.7 Å². The quantitative estimate of drug-likeness (QED) is 0.849. The van der Waals surface area contributed by atoms with Gasteiger partial charge in [0.25, 0.3) is 5.91 Å². The Bertz CT molecular complexity index is 578. The Morgan fingerprint density at radius 2 is 1.87 bits per heavy atom. The first kappa shape index (κ1) is 17.1. The van der Waals surface area contributed by atoms with E-state index in [0.29, 0.717) is 24.3 Å². The van der Waals surface area contributed by atoms with Gasteiger partial charge in [-0.1, -0.05) is 0 Å².